The third-order valence-electron chi connectivity index (χ3n) is 3.29. The van der Waals surface area contributed by atoms with Crippen LogP contribution in [0.2, 0.25) is 0 Å². The minimum absolute atomic E-state index is 0.777. The number of rotatable bonds is 1. The molecule has 1 N–H and O–H groups in total. The summed E-state index contributed by atoms with van der Waals surface area (Å²) in [4.78, 5) is 0. The first kappa shape index (κ1) is 9.57. The van der Waals surface area contributed by atoms with E-state index in [9.17, 15) is 0 Å². The number of fused-ring (bicyclic) bond motifs is 1. The Labute approximate surface area is 93.9 Å². The monoisotopic (exact) mass is 217 g/mol. The number of nitrogens with one attached hydrogen (secondary N) is 1. The molecule has 0 bridgehead atoms. The maximum Gasteiger partial charge on any atom is 0.167 e. The number of nitrogens with zero attached hydrogens (tertiary/aromatic N) is 4. The molecule has 3 heterocycles. The minimum atomic E-state index is 0.777. The van der Waals surface area contributed by atoms with Gasteiger partial charge in [0.15, 0.2) is 5.82 Å². The number of aromatic nitrogens is 5. The Hall–Kier alpha value is -1.65. The van der Waals surface area contributed by atoms with Gasteiger partial charge < -0.3 is 4.57 Å². The molecule has 2 aromatic rings. The lowest BCUT2D eigenvalue weighted by atomic mass is 10.0. The van der Waals surface area contributed by atoms with E-state index in [1.54, 1.807) is 6.20 Å². The summed E-state index contributed by atoms with van der Waals surface area (Å²) in [6.45, 7) is 3.32. The first-order valence-corrected chi connectivity index (χ1v) is 5.76. The van der Waals surface area contributed by atoms with E-state index >= 15 is 0 Å². The molecule has 0 amide bonds. The number of aromatic amines is 1. The van der Waals surface area contributed by atoms with Gasteiger partial charge in [0.25, 0.3) is 0 Å². The van der Waals surface area contributed by atoms with E-state index in [-0.39, 0.29) is 0 Å². The normalized spacial score (nSPS) is 20.4. The van der Waals surface area contributed by atoms with Gasteiger partial charge in [-0.2, -0.15) is 5.10 Å². The van der Waals surface area contributed by atoms with Gasteiger partial charge in [0.05, 0.1) is 11.8 Å². The quantitative estimate of drug-likeness (QED) is 0.790. The van der Waals surface area contributed by atoms with Crippen LogP contribution in [0, 0.1) is 5.92 Å². The van der Waals surface area contributed by atoms with Crippen molar-refractivity contribution in [2.75, 3.05) is 0 Å². The van der Waals surface area contributed by atoms with Crippen molar-refractivity contribution < 1.29 is 0 Å². The van der Waals surface area contributed by atoms with Crippen LogP contribution in [0.3, 0.4) is 0 Å². The van der Waals surface area contributed by atoms with Gasteiger partial charge >= 0.3 is 0 Å². The Morgan fingerprint density at radius 3 is 3.12 bits per heavy atom. The molecular formula is C11H15N5. The standard InChI is InChI=1S/C11H15N5/c1-8-2-3-10-14-15-11(16(10)5-4-8)9-6-12-13-7-9/h6-8H,2-5H2,1H3,(H,12,13). The number of aryl methyl sites for hydroxylation is 1. The summed E-state index contributed by atoms with van der Waals surface area (Å²) in [6.07, 6.45) is 7.11. The molecule has 1 aliphatic rings. The van der Waals surface area contributed by atoms with Gasteiger partial charge in [0, 0.05) is 19.2 Å². The van der Waals surface area contributed by atoms with Crippen LogP contribution < -0.4 is 0 Å². The molecule has 1 unspecified atom stereocenters. The second kappa shape index (κ2) is 3.73. The van der Waals surface area contributed by atoms with E-state index in [2.05, 4.69) is 31.9 Å². The molecule has 0 spiro atoms. The molecule has 5 nitrogen and oxygen atoms in total. The van der Waals surface area contributed by atoms with Gasteiger partial charge in [-0.15, -0.1) is 10.2 Å². The molecule has 16 heavy (non-hydrogen) atoms. The van der Waals surface area contributed by atoms with Crippen molar-refractivity contribution in [2.24, 2.45) is 5.92 Å². The SMILES string of the molecule is CC1CCc2nnc(-c3cn[nH]c3)n2CC1. The van der Waals surface area contributed by atoms with Gasteiger partial charge in [-0.05, 0) is 18.8 Å². The second-order valence-corrected chi connectivity index (χ2v) is 4.51. The lowest BCUT2D eigenvalue weighted by molar-refractivity contribution is 0.486. The maximum absolute atomic E-state index is 4.28. The molecule has 2 aromatic heterocycles. The molecule has 0 aliphatic carbocycles. The van der Waals surface area contributed by atoms with Crippen molar-refractivity contribution in [2.45, 2.75) is 32.7 Å². The molecule has 0 saturated heterocycles. The summed E-state index contributed by atoms with van der Waals surface area (Å²) >= 11 is 0. The maximum atomic E-state index is 4.28. The summed E-state index contributed by atoms with van der Waals surface area (Å²) in [5.74, 6) is 2.83. The minimum Gasteiger partial charge on any atom is -0.311 e. The van der Waals surface area contributed by atoms with E-state index in [0.717, 1.165) is 36.1 Å². The molecular weight excluding hydrogens is 202 g/mol. The Kier molecular flexibility index (Phi) is 2.23. The Morgan fingerprint density at radius 2 is 2.31 bits per heavy atom. The van der Waals surface area contributed by atoms with E-state index < -0.39 is 0 Å². The lowest BCUT2D eigenvalue weighted by Gasteiger charge is -2.06. The van der Waals surface area contributed by atoms with Crippen LogP contribution in [0.5, 0.6) is 0 Å². The van der Waals surface area contributed by atoms with Crippen LogP contribution in [0.25, 0.3) is 11.4 Å². The topological polar surface area (TPSA) is 59.4 Å². The van der Waals surface area contributed by atoms with Crippen LogP contribution in [-0.4, -0.2) is 25.0 Å². The molecule has 1 aliphatic heterocycles. The van der Waals surface area contributed by atoms with Gasteiger partial charge in [0.2, 0.25) is 0 Å². The zero-order valence-corrected chi connectivity index (χ0v) is 9.35. The van der Waals surface area contributed by atoms with Gasteiger partial charge in [-0.1, -0.05) is 6.92 Å². The van der Waals surface area contributed by atoms with Crippen molar-refractivity contribution >= 4 is 0 Å². The molecule has 5 heteroatoms. The lowest BCUT2D eigenvalue weighted by Crippen LogP contribution is -2.03. The fraction of sp³-hybridized carbons (Fsp3) is 0.545. The van der Waals surface area contributed by atoms with Crippen LogP contribution in [0.15, 0.2) is 12.4 Å². The second-order valence-electron chi connectivity index (χ2n) is 4.51. The van der Waals surface area contributed by atoms with E-state index in [4.69, 9.17) is 0 Å². The highest BCUT2D eigenvalue weighted by Crippen LogP contribution is 2.23. The Morgan fingerprint density at radius 1 is 1.38 bits per heavy atom. The molecule has 0 aromatic carbocycles. The highest BCUT2D eigenvalue weighted by Gasteiger charge is 2.18. The molecule has 0 saturated carbocycles. The summed E-state index contributed by atoms with van der Waals surface area (Å²) in [5, 5.41) is 15.3. The molecule has 0 radical (unpaired) electrons. The van der Waals surface area contributed by atoms with Gasteiger partial charge in [-0.3, -0.25) is 5.10 Å². The third-order valence-corrected chi connectivity index (χ3v) is 3.29. The average Bonchev–Trinajstić information content (AvgIpc) is 2.89. The van der Waals surface area contributed by atoms with Crippen molar-refractivity contribution in [1.82, 2.24) is 25.0 Å². The van der Waals surface area contributed by atoms with Crippen LogP contribution in [0.4, 0.5) is 0 Å². The Balaban J connectivity index is 2.01. The number of hydrogen-bond donors (Lipinski definition) is 1. The predicted molar refractivity (Wildman–Crippen MR) is 59.7 cm³/mol. The van der Waals surface area contributed by atoms with Crippen LogP contribution >= 0.6 is 0 Å². The highest BCUT2D eigenvalue weighted by atomic mass is 15.3. The number of hydrogen-bond acceptors (Lipinski definition) is 3. The smallest absolute Gasteiger partial charge is 0.167 e. The Bertz CT molecular complexity index is 471. The highest BCUT2D eigenvalue weighted by molar-refractivity contribution is 5.52. The van der Waals surface area contributed by atoms with E-state index in [1.165, 1.54) is 12.8 Å². The van der Waals surface area contributed by atoms with Gasteiger partial charge in [-0.25, -0.2) is 0 Å². The third kappa shape index (κ3) is 1.52. The van der Waals surface area contributed by atoms with Crippen molar-refractivity contribution in [3.63, 3.8) is 0 Å². The fourth-order valence-electron chi connectivity index (χ4n) is 2.21. The molecule has 3 rings (SSSR count). The molecule has 1 atom stereocenters. The average molecular weight is 217 g/mol. The molecule has 0 fully saturated rings. The summed E-state index contributed by atoms with van der Waals surface area (Å²) < 4.78 is 2.23. The van der Waals surface area contributed by atoms with E-state index in [0.29, 0.717) is 0 Å². The zero-order chi connectivity index (χ0) is 11.0. The molecule has 84 valence electrons. The van der Waals surface area contributed by atoms with Crippen LogP contribution in [-0.2, 0) is 13.0 Å². The van der Waals surface area contributed by atoms with Gasteiger partial charge in [0.1, 0.15) is 5.82 Å². The van der Waals surface area contributed by atoms with Crippen LogP contribution in [0.1, 0.15) is 25.6 Å². The van der Waals surface area contributed by atoms with E-state index in [1.807, 2.05) is 6.20 Å². The first-order valence-electron chi connectivity index (χ1n) is 5.76. The summed E-state index contributed by atoms with van der Waals surface area (Å²) in [5.41, 5.74) is 1.02. The largest absolute Gasteiger partial charge is 0.311 e. The summed E-state index contributed by atoms with van der Waals surface area (Å²) in [6, 6.07) is 0. The number of H-pyrrole nitrogens is 1. The fourth-order valence-corrected chi connectivity index (χ4v) is 2.21. The zero-order valence-electron chi connectivity index (χ0n) is 9.35. The van der Waals surface area contributed by atoms with Crippen molar-refractivity contribution in [1.29, 1.82) is 0 Å². The van der Waals surface area contributed by atoms with Crippen molar-refractivity contribution in [3.8, 4) is 11.4 Å². The van der Waals surface area contributed by atoms with Crippen molar-refractivity contribution in [3.05, 3.63) is 18.2 Å². The predicted octanol–water partition coefficient (Wildman–Crippen LogP) is 1.64. The first-order chi connectivity index (χ1) is 7.84. The summed E-state index contributed by atoms with van der Waals surface area (Å²) in [7, 11) is 0.